The van der Waals surface area contributed by atoms with Crippen molar-refractivity contribution in [2.45, 2.75) is 57.7 Å². The van der Waals surface area contributed by atoms with Crippen molar-refractivity contribution in [2.75, 3.05) is 24.9 Å². The molecule has 1 atom stereocenters. The first-order valence-electron chi connectivity index (χ1n) is 14.2. The van der Waals surface area contributed by atoms with Gasteiger partial charge in [-0.1, -0.05) is 85.1 Å². The molecule has 42 heavy (non-hydrogen) atoms. The van der Waals surface area contributed by atoms with E-state index in [0.29, 0.717) is 0 Å². The monoisotopic (exact) mass is 594 g/mol. The Labute approximate surface area is 248 Å². The van der Waals surface area contributed by atoms with Gasteiger partial charge in [0.25, 0.3) is 0 Å². The second-order valence-electron chi connectivity index (χ2n) is 11.0. The molecule has 0 unspecified atom stereocenters. The van der Waals surface area contributed by atoms with Crippen LogP contribution in [0.25, 0.3) is 0 Å². The molecule has 10 heteroatoms. The molecule has 0 bridgehead atoms. The van der Waals surface area contributed by atoms with Crippen LogP contribution in [0, 0.1) is 12.7 Å². The number of rotatable bonds is 12. The van der Waals surface area contributed by atoms with E-state index in [0.717, 1.165) is 57.1 Å². The molecule has 1 aliphatic carbocycles. The van der Waals surface area contributed by atoms with Gasteiger partial charge in [0.05, 0.1) is 5.69 Å². The second kappa shape index (κ2) is 13.9. The van der Waals surface area contributed by atoms with Crippen molar-refractivity contribution in [3.05, 3.63) is 101 Å². The third kappa shape index (κ3) is 7.74. The maximum absolute atomic E-state index is 15.0. The molecule has 0 radical (unpaired) electrons. The fourth-order valence-corrected chi connectivity index (χ4v) is 6.23. The molecule has 224 valence electrons. The van der Waals surface area contributed by atoms with Crippen LogP contribution in [0.15, 0.2) is 78.9 Å². The lowest BCUT2D eigenvalue weighted by molar-refractivity contribution is -0.140. The van der Waals surface area contributed by atoms with E-state index in [1.807, 2.05) is 61.5 Å². The van der Waals surface area contributed by atoms with E-state index >= 15 is 0 Å². The SMILES string of the molecule is Cc1ccc(CN(C(=O)CN(c2ccccc2F)S(=O)(=O)N(C)C)[C@@H](Cc2ccccc2)C(=O)NC2CCCC2)cc1. The Morgan fingerprint density at radius 3 is 2.14 bits per heavy atom. The number of para-hydroxylation sites is 1. The average molecular weight is 595 g/mol. The standard InChI is InChI=1S/C32H39FN4O4S/c1-24-17-19-26(20-18-24)22-36(30(21-25-11-5-4-6-12-25)32(39)34-27-13-7-8-14-27)31(38)23-37(42(40,41)35(2)3)29-16-10-9-15-28(29)33/h4-6,9-12,15-20,27,30H,7-8,13-14,21-23H2,1-3H3,(H,34,39)/t30-/m0/s1. The minimum atomic E-state index is -4.27. The first kappa shape index (κ1) is 31.2. The van der Waals surface area contributed by atoms with Gasteiger partial charge in [0.2, 0.25) is 11.8 Å². The molecule has 1 fully saturated rings. The Morgan fingerprint density at radius 2 is 1.52 bits per heavy atom. The topological polar surface area (TPSA) is 90.0 Å². The van der Waals surface area contributed by atoms with Crippen LogP contribution in [0.1, 0.15) is 42.4 Å². The lowest BCUT2D eigenvalue weighted by atomic mass is 10.0. The minimum absolute atomic E-state index is 0.0242. The van der Waals surface area contributed by atoms with Crippen molar-refractivity contribution in [1.82, 2.24) is 14.5 Å². The molecule has 1 aliphatic rings. The Balaban J connectivity index is 1.76. The molecule has 1 saturated carbocycles. The third-order valence-electron chi connectivity index (χ3n) is 7.59. The highest BCUT2D eigenvalue weighted by Gasteiger charge is 2.36. The quantitative estimate of drug-likeness (QED) is 0.336. The molecule has 0 heterocycles. The molecular weight excluding hydrogens is 555 g/mol. The van der Waals surface area contributed by atoms with Crippen LogP contribution in [0.5, 0.6) is 0 Å². The molecular formula is C32H39FN4O4S. The van der Waals surface area contributed by atoms with Gasteiger partial charge in [-0.05, 0) is 43.0 Å². The predicted octanol–water partition coefficient (Wildman–Crippen LogP) is 4.45. The predicted molar refractivity (Wildman–Crippen MR) is 162 cm³/mol. The number of halogens is 1. The smallest absolute Gasteiger partial charge is 0.304 e. The van der Waals surface area contributed by atoms with Gasteiger partial charge in [-0.25, -0.2) is 8.70 Å². The Bertz CT molecular complexity index is 1460. The van der Waals surface area contributed by atoms with Gasteiger partial charge in [-0.3, -0.25) is 9.59 Å². The van der Waals surface area contributed by atoms with Gasteiger partial charge in [0.15, 0.2) is 0 Å². The van der Waals surface area contributed by atoms with Crippen molar-refractivity contribution >= 4 is 27.7 Å². The third-order valence-corrected chi connectivity index (χ3v) is 9.39. The number of anilines is 1. The van der Waals surface area contributed by atoms with E-state index in [-0.39, 0.29) is 30.6 Å². The van der Waals surface area contributed by atoms with E-state index in [9.17, 15) is 22.4 Å². The summed E-state index contributed by atoms with van der Waals surface area (Å²) in [5.41, 5.74) is 2.44. The summed E-state index contributed by atoms with van der Waals surface area (Å²) in [6.45, 7) is 1.34. The molecule has 0 spiro atoms. The molecule has 0 aliphatic heterocycles. The van der Waals surface area contributed by atoms with Crippen LogP contribution in [0.4, 0.5) is 10.1 Å². The van der Waals surface area contributed by atoms with Gasteiger partial charge >= 0.3 is 10.2 Å². The Morgan fingerprint density at radius 1 is 0.905 bits per heavy atom. The summed E-state index contributed by atoms with van der Waals surface area (Å²) < 4.78 is 43.5. The van der Waals surface area contributed by atoms with E-state index in [4.69, 9.17) is 0 Å². The lowest BCUT2D eigenvalue weighted by Gasteiger charge is -2.35. The van der Waals surface area contributed by atoms with Crippen LogP contribution in [-0.2, 0) is 32.8 Å². The highest BCUT2D eigenvalue weighted by molar-refractivity contribution is 7.90. The number of hydrogen-bond acceptors (Lipinski definition) is 4. The first-order valence-corrected chi connectivity index (χ1v) is 15.6. The Kier molecular flexibility index (Phi) is 10.3. The lowest BCUT2D eigenvalue weighted by Crippen LogP contribution is -2.55. The summed E-state index contributed by atoms with van der Waals surface area (Å²) in [5.74, 6) is -1.69. The average Bonchev–Trinajstić information content (AvgIpc) is 3.48. The zero-order chi connectivity index (χ0) is 30.3. The van der Waals surface area contributed by atoms with Gasteiger partial charge in [-0.2, -0.15) is 12.7 Å². The van der Waals surface area contributed by atoms with E-state index < -0.39 is 34.5 Å². The molecule has 0 aromatic heterocycles. The van der Waals surface area contributed by atoms with Crippen LogP contribution in [0.3, 0.4) is 0 Å². The summed E-state index contributed by atoms with van der Waals surface area (Å²) in [6.07, 6.45) is 4.04. The number of carbonyl (C=O) groups excluding carboxylic acids is 2. The van der Waals surface area contributed by atoms with Crippen LogP contribution in [-0.4, -0.2) is 62.2 Å². The fraction of sp³-hybridized carbons (Fsp3) is 0.375. The molecule has 3 aromatic carbocycles. The van der Waals surface area contributed by atoms with Gasteiger partial charge in [-0.15, -0.1) is 0 Å². The number of aryl methyl sites for hydroxylation is 1. The molecule has 1 N–H and O–H groups in total. The summed E-state index contributed by atoms with van der Waals surface area (Å²) in [4.78, 5) is 29.6. The number of nitrogens with one attached hydrogen (secondary N) is 1. The minimum Gasteiger partial charge on any atom is -0.352 e. The summed E-state index contributed by atoms with van der Waals surface area (Å²) >= 11 is 0. The normalized spacial score (nSPS) is 14.5. The summed E-state index contributed by atoms with van der Waals surface area (Å²) in [7, 11) is -1.62. The second-order valence-corrected chi connectivity index (χ2v) is 13.0. The van der Waals surface area contributed by atoms with Crippen LogP contribution < -0.4 is 9.62 Å². The number of nitrogens with zero attached hydrogens (tertiary/aromatic N) is 3. The molecule has 8 nitrogen and oxygen atoms in total. The molecule has 2 amide bonds. The number of benzene rings is 3. The number of carbonyl (C=O) groups is 2. The van der Waals surface area contributed by atoms with Gasteiger partial charge < -0.3 is 10.2 Å². The molecule has 3 aromatic rings. The van der Waals surface area contributed by atoms with Crippen LogP contribution >= 0.6 is 0 Å². The maximum Gasteiger partial charge on any atom is 0.304 e. The van der Waals surface area contributed by atoms with Crippen molar-refractivity contribution in [2.24, 2.45) is 0 Å². The Hall–Kier alpha value is -3.76. The van der Waals surface area contributed by atoms with E-state index in [1.165, 1.54) is 37.2 Å². The van der Waals surface area contributed by atoms with Gasteiger partial charge in [0.1, 0.15) is 18.4 Å². The van der Waals surface area contributed by atoms with Gasteiger partial charge in [0, 0.05) is 33.1 Å². The number of amides is 2. The van der Waals surface area contributed by atoms with E-state index in [1.54, 1.807) is 0 Å². The summed E-state index contributed by atoms with van der Waals surface area (Å²) in [5, 5.41) is 3.14. The highest BCUT2D eigenvalue weighted by atomic mass is 32.2. The van der Waals surface area contributed by atoms with Crippen LogP contribution in [0.2, 0.25) is 0 Å². The highest BCUT2D eigenvalue weighted by Crippen LogP contribution is 2.25. The summed E-state index contributed by atoms with van der Waals surface area (Å²) in [6, 6.07) is 21.6. The molecule has 4 rings (SSSR count). The zero-order valence-electron chi connectivity index (χ0n) is 24.4. The number of hydrogen-bond donors (Lipinski definition) is 1. The van der Waals surface area contributed by atoms with E-state index in [2.05, 4.69) is 5.32 Å². The van der Waals surface area contributed by atoms with Crippen molar-refractivity contribution in [3.8, 4) is 0 Å². The van der Waals surface area contributed by atoms with Crippen molar-refractivity contribution in [1.29, 1.82) is 0 Å². The first-order chi connectivity index (χ1) is 20.1. The molecule has 0 saturated heterocycles. The van der Waals surface area contributed by atoms with Crippen molar-refractivity contribution in [3.63, 3.8) is 0 Å². The largest absolute Gasteiger partial charge is 0.352 e. The maximum atomic E-state index is 15.0. The fourth-order valence-electron chi connectivity index (χ4n) is 5.17. The van der Waals surface area contributed by atoms with Crippen molar-refractivity contribution < 1.29 is 22.4 Å². The zero-order valence-corrected chi connectivity index (χ0v) is 25.2.